The fourth-order valence-corrected chi connectivity index (χ4v) is 6.83. The number of hydrogen-bond donors (Lipinski definition) is 2. The minimum absolute atomic E-state index is 0.0391. The third-order valence-corrected chi connectivity index (χ3v) is 9.26. The van der Waals surface area contributed by atoms with Crippen molar-refractivity contribution in [3.05, 3.63) is 24.2 Å². The number of anilines is 1. The molecule has 40 heavy (non-hydrogen) atoms. The average Bonchev–Trinajstić information content (AvgIpc) is 3.34. The van der Waals surface area contributed by atoms with Crippen LogP contribution in [0, 0.1) is 0 Å². The zero-order valence-electron chi connectivity index (χ0n) is 23.2. The van der Waals surface area contributed by atoms with Crippen molar-refractivity contribution in [1.29, 1.82) is 0 Å². The van der Waals surface area contributed by atoms with E-state index < -0.39 is 27.4 Å². The van der Waals surface area contributed by atoms with Gasteiger partial charge in [0.25, 0.3) is 0 Å². The molecule has 2 saturated heterocycles. The quantitative estimate of drug-likeness (QED) is 0.383. The van der Waals surface area contributed by atoms with Crippen LogP contribution in [-0.2, 0) is 22.7 Å². The van der Waals surface area contributed by atoms with E-state index in [9.17, 15) is 26.7 Å². The van der Waals surface area contributed by atoms with Gasteiger partial charge in [-0.3, -0.25) is 4.68 Å². The molecule has 2 aliphatic rings. The average molecular weight is 588 g/mol. The van der Waals surface area contributed by atoms with Crippen LogP contribution in [0.1, 0.15) is 64.4 Å². The van der Waals surface area contributed by atoms with Gasteiger partial charge in [0.1, 0.15) is 5.56 Å². The Morgan fingerprint density at radius 3 is 2.40 bits per heavy atom. The van der Waals surface area contributed by atoms with Crippen molar-refractivity contribution in [3.8, 4) is 11.3 Å². The highest BCUT2D eigenvalue weighted by Crippen LogP contribution is 2.36. The number of aromatic nitrogens is 4. The maximum Gasteiger partial charge on any atom is 0.419 e. The van der Waals surface area contributed by atoms with Crippen LogP contribution < -0.4 is 5.32 Å². The maximum atomic E-state index is 13.7. The van der Waals surface area contributed by atoms with Crippen LogP contribution in [0.2, 0.25) is 0 Å². The normalized spacial score (nSPS) is 18.8. The van der Waals surface area contributed by atoms with Gasteiger partial charge in [0.2, 0.25) is 16.0 Å². The van der Waals surface area contributed by atoms with Gasteiger partial charge in [0.15, 0.2) is 0 Å². The van der Waals surface area contributed by atoms with Crippen LogP contribution >= 0.6 is 0 Å². The van der Waals surface area contributed by atoms with Crippen molar-refractivity contribution in [2.24, 2.45) is 0 Å². The molecule has 2 aliphatic heterocycles. The first-order chi connectivity index (χ1) is 18.8. The third-order valence-electron chi connectivity index (χ3n) is 7.31. The lowest BCUT2D eigenvalue weighted by Crippen LogP contribution is -2.43. The minimum atomic E-state index is -4.67. The second-order valence-electron chi connectivity index (χ2n) is 11.4. The van der Waals surface area contributed by atoms with E-state index in [0.29, 0.717) is 32.4 Å². The molecule has 0 atom stereocenters. The first-order valence-electron chi connectivity index (χ1n) is 14.0. The lowest BCUT2D eigenvalue weighted by molar-refractivity contribution is -0.137. The van der Waals surface area contributed by atoms with Gasteiger partial charge >= 0.3 is 6.18 Å². The molecular formula is C26H40F3N7O3S. The first-order valence-corrected chi connectivity index (χ1v) is 15.6. The molecule has 0 amide bonds. The third kappa shape index (κ3) is 8.60. The fourth-order valence-electron chi connectivity index (χ4n) is 5.24. The molecule has 4 heterocycles. The Bertz CT molecular complexity index is 1220. The molecule has 0 spiro atoms. The van der Waals surface area contributed by atoms with Crippen molar-refractivity contribution in [2.75, 3.05) is 43.8 Å². The van der Waals surface area contributed by atoms with Crippen LogP contribution in [0.5, 0.6) is 0 Å². The maximum absolute atomic E-state index is 13.7. The van der Waals surface area contributed by atoms with Crippen molar-refractivity contribution >= 4 is 16.0 Å². The fraction of sp³-hybridized carbons (Fsp3) is 0.731. The number of alkyl halides is 3. The lowest BCUT2D eigenvalue weighted by Gasteiger charge is -2.32. The molecular weight excluding hydrogens is 547 g/mol. The summed E-state index contributed by atoms with van der Waals surface area (Å²) in [5.74, 6) is 0.170. The lowest BCUT2D eigenvalue weighted by atomic mass is 10.1. The molecule has 0 unspecified atom stereocenters. The molecule has 0 radical (unpaired) electrons. The van der Waals surface area contributed by atoms with Crippen LogP contribution in [-0.4, -0.2) is 92.6 Å². The second-order valence-corrected chi connectivity index (χ2v) is 13.5. The molecule has 4 rings (SSSR count). The number of hydrogen-bond acceptors (Lipinski definition) is 8. The molecule has 0 bridgehead atoms. The Morgan fingerprint density at radius 1 is 1.05 bits per heavy atom. The molecule has 2 aromatic heterocycles. The molecule has 0 aromatic carbocycles. The highest BCUT2D eigenvalue weighted by Gasteiger charge is 2.36. The summed E-state index contributed by atoms with van der Waals surface area (Å²) in [6.45, 7) is 7.07. The number of nitrogens with zero attached hydrogens (tertiary/aromatic N) is 6. The number of likely N-dealkylation sites (tertiary alicyclic amines) is 1. The van der Waals surface area contributed by atoms with E-state index in [2.05, 4.69) is 25.3 Å². The predicted octanol–water partition coefficient (Wildman–Crippen LogP) is 3.60. The summed E-state index contributed by atoms with van der Waals surface area (Å²) in [5.41, 5.74) is -2.23. The predicted molar refractivity (Wildman–Crippen MR) is 146 cm³/mol. The molecule has 14 heteroatoms. The Hall–Kier alpha value is -2.29. The summed E-state index contributed by atoms with van der Waals surface area (Å²) < 4.78 is 69.8. The molecule has 2 aromatic rings. The van der Waals surface area contributed by atoms with Crippen molar-refractivity contribution in [1.82, 2.24) is 29.0 Å². The van der Waals surface area contributed by atoms with E-state index in [0.717, 1.165) is 32.3 Å². The van der Waals surface area contributed by atoms with Crippen LogP contribution in [0.15, 0.2) is 18.6 Å². The monoisotopic (exact) mass is 587 g/mol. The standard InChI is InChI=1S/C26H40F3N7O3S/c1-25(2,37)19-35-18-20(16-31-35)23-22(26(27,28)29)17-30-24(33-23)32-21-8-13-36(14-9-21)40(38,39)15-7-6-12-34-10-4-3-5-11-34/h16-18,21,37H,3-15,19H2,1-2H3,(H,30,32,33). The largest absolute Gasteiger partial charge is 0.419 e. The summed E-state index contributed by atoms with van der Waals surface area (Å²) >= 11 is 0. The van der Waals surface area contributed by atoms with Gasteiger partial charge in [-0.2, -0.15) is 18.3 Å². The number of halogens is 3. The van der Waals surface area contributed by atoms with E-state index in [1.54, 1.807) is 13.8 Å². The summed E-state index contributed by atoms with van der Waals surface area (Å²) in [6.07, 6.45) is 4.97. The van der Waals surface area contributed by atoms with Gasteiger partial charge in [-0.25, -0.2) is 22.7 Å². The van der Waals surface area contributed by atoms with E-state index in [-0.39, 0.29) is 35.5 Å². The van der Waals surface area contributed by atoms with Gasteiger partial charge in [-0.1, -0.05) is 6.42 Å². The van der Waals surface area contributed by atoms with E-state index >= 15 is 0 Å². The summed E-state index contributed by atoms with van der Waals surface area (Å²) in [5, 5.41) is 17.2. The number of nitrogens with one attached hydrogen (secondary N) is 1. The molecule has 2 fully saturated rings. The van der Waals surface area contributed by atoms with Gasteiger partial charge < -0.3 is 15.3 Å². The molecule has 10 nitrogen and oxygen atoms in total. The molecule has 2 N–H and O–H groups in total. The Kier molecular flexibility index (Phi) is 9.74. The number of piperidine rings is 2. The summed E-state index contributed by atoms with van der Waals surface area (Å²) in [4.78, 5) is 10.5. The summed E-state index contributed by atoms with van der Waals surface area (Å²) in [6, 6.07) is -0.173. The number of rotatable bonds is 11. The van der Waals surface area contributed by atoms with E-state index in [1.807, 2.05) is 0 Å². The first kappa shape index (κ1) is 30.7. The van der Waals surface area contributed by atoms with Gasteiger partial charge in [-0.15, -0.1) is 0 Å². The van der Waals surface area contributed by atoms with Gasteiger partial charge in [0, 0.05) is 37.1 Å². The number of unbranched alkanes of at least 4 members (excludes halogenated alkanes) is 1. The Labute approximate surface area is 234 Å². The Balaban J connectivity index is 1.33. The molecule has 0 aliphatic carbocycles. The van der Waals surface area contributed by atoms with Crippen LogP contribution in [0.3, 0.4) is 0 Å². The number of sulfonamides is 1. The van der Waals surface area contributed by atoms with E-state index in [4.69, 9.17) is 0 Å². The van der Waals surface area contributed by atoms with E-state index in [1.165, 1.54) is 40.6 Å². The van der Waals surface area contributed by atoms with Crippen LogP contribution in [0.4, 0.5) is 19.1 Å². The SMILES string of the molecule is CC(C)(O)Cn1cc(-c2nc(NC3CCN(S(=O)(=O)CCCCN4CCCCC4)CC3)ncc2C(F)(F)F)cn1. The topological polar surface area (TPSA) is 116 Å². The Morgan fingerprint density at radius 2 is 1.75 bits per heavy atom. The smallest absolute Gasteiger partial charge is 0.389 e. The van der Waals surface area contributed by atoms with Crippen molar-refractivity contribution < 1.29 is 26.7 Å². The molecule has 224 valence electrons. The highest BCUT2D eigenvalue weighted by atomic mass is 32.2. The highest BCUT2D eigenvalue weighted by molar-refractivity contribution is 7.89. The summed E-state index contributed by atoms with van der Waals surface area (Å²) in [7, 11) is -3.35. The number of aliphatic hydroxyl groups is 1. The minimum Gasteiger partial charge on any atom is -0.389 e. The van der Waals surface area contributed by atoms with Crippen molar-refractivity contribution in [3.63, 3.8) is 0 Å². The van der Waals surface area contributed by atoms with Gasteiger partial charge in [-0.05, 0) is 72.0 Å². The molecule has 0 saturated carbocycles. The zero-order valence-corrected chi connectivity index (χ0v) is 24.0. The zero-order chi connectivity index (χ0) is 29.0. The van der Waals surface area contributed by atoms with Gasteiger partial charge in [0.05, 0.1) is 29.8 Å². The van der Waals surface area contributed by atoms with Crippen LogP contribution in [0.25, 0.3) is 11.3 Å². The second kappa shape index (κ2) is 12.7. The van der Waals surface area contributed by atoms with Crippen molar-refractivity contribution in [2.45, 2.75) is 83.2 Å².